The summed E-state index contributed by atoms with van der Waals surface area (Å²) in [7, 11) is 2.92. The fourth-order valence-corrected chi connectivity index (χ4v) is 5.47. The average Bonchev–Trinajstić information content (AvgIpc) is 3.41. The molecule has 2 atom stereocenters. The van der Waals surface area contributed by atoms with Crippen molar-refractivity contribution < 1.29 is 17.8 Å². The molecule has 0 bridgehead atoms. The summed E-state index contributed by atoms with van der Waals surface area (Å²) in [5, 5.41) is 4.54. The number of nitrogens with one attached hydrogen (secondary N) is 1. The molecule has 0 saturated heterocycles. The van der Waals surface area contributed by atoms with Crippen molar-refractivity contribution in [2.75, 3.05) is 31.4 Å². The number of hydrogen-bond donors (Lipinski definition) is 1. The molecule has 2 heterocycles. The van der Waals surface area contributed by atoms with Crippen LogP contribution in [0.25, 0.3) is 22.2 Å². The summed E-state index contributed by atoms with van der Waals surface area (Å²) in [5.41, 5.74) is 3.06. The monoisotopic (exact) mass is 578 g/mol. The fraction of sp³-hybridized carbons (Fsp3) is 0.200. The van der Waals surface area contributed by atoms with Crippen LogP contribution >= 0.6 is 11.6 Å². The summed E-state index contributed by atoms with van der Waals surface area (Å²) in [6.45, 7) is 0.198. The zero-order valence-corrected chi connectivity index (χ0v) is 23.8. The van der Waals surface area contributed by atoms with Crippen molar-refractivity contribution in [2.24, 2.45) is 0 Å². The lowest BCUT2D eigenvalue weighted by molar-refractivity contribution is 0.282. The van der Waals surface area contributed by atoms with E-state index in [1.54, 1.807) is 30.5 Å². The summed E-state index contributed by atoms with van der Waals surface area (Å²) >= 11 is 6.49. The first kappa shape index (κ1) is 27.8. The Hall–Kier alpha value is -3.79. The summed E-state index contributed by atoms with van der Waals surface area (Å²) in [4.78, 5) is 10.9. The molecule has 2 unspecified atom stereocenters. The lowest BCUT2D eigenvalue weighted by Crippen LogP contribution is -2.24. The van der Waals surface area contributed by atoms with Crippen LogP contribution in [0.4, 0.5) is 15.9 Å². The van der Waals surface area contributed by atoms with E-state index in [2.05, 4.69) is 15.3 Å². The topological polar surface area (TPSA) is 80.5 Å². The van der Waals surface area contributed by atoms with Crippen molar-refractivity contribution in [3.63, 3.8) is 0 Å². The van der Waals surface area contributed by atoms with Crippen LogP contribution in [0, 0.1) is 5.82 Å². The van der Waals surface area contributed by atoms with Gasteiger partial charge in [0, 0.05) is 39.4 Å². The SMILES string of the molecule is CN(C)C(CS(C)=O)c1ccc(-c2ccc3ncnc(Nc4ccc(OCc5cccc(F)c5)c(Cl)c4)c3c2)o1. The molecule has 40 heavy (non-hydrogen) atoms. The van der Waals surface area contributed by atoms with Gasteiger partial charge in [-0.05, 0) is 80.3 Å². The molecule has 1 N–H and O–H groups in total. The number of furan rings is 1. The molecule has 0 aliphatic carbocycles. The quantitative estimate of drug-likeness (QED) is 0.191. The Morgan fingerprint density at radius 1 is 1.07 bits per heavy atom. The van der Waals surface area contributed by atoms with E-state index >= 15 is 0 Å². The molecule has 0 aliphatic rings. The highest BCUT2D eigenvalue weighted by molar-refractivity contribution is 7.84. The van der Waals surface area contributed by atoms with Gasteiger partial charge in [0.1, 0.15) is 41.8 Å². The zero-order valence-electron chi connectivity index (χ0n) is 22.2. The van der Waals surface area contributed by atoms with E-state index in [1.807, 2.05) is 55.4 Å². The van der Waals surface area contributed by atoms with Gasteiger partial charge in [-0.1, -0.05) is 23.7 Å². The van der Waals surface area contributed by atoms with Crippen molar-refractivity contribution in [1.82, 2.24) is 14.9 Å². The van der Waals surface area contributed by atoms with Gasteiger partial charge in [0.05, 0.1) is 16.6 Å². The number of ether oxygens (including phenoxy) is 1. The number of rotatable bonds is 10. The van der Waals surface area contributed by atoms with Crippen molar-refractivity contribution in [1.29, 1.82) is 0 Å². The largest absolute Gasteiger partial charge is 0.487 e. The molecular weight excluding hydrogens is 551 g/mol. The molecule has 206 valence electrons. The third-order valence-corrected chi connectivity index (χ3v) is 7.45. The van der Waals surface area contributed by atoms with Gasteiger partial charge in [0.2, 0.25) is 0 Å². The van der Waals surface area contributed by atoms with Crippen molar-refractivity contribution in [2.45, 2.75) is 12.6 Å². The minimum atomic E-state index is -0.965. The first-order valence-corrected chi connectivity index (χ1v) is 14.6. The summed E-state index contributed by atoms with van der Waals surface area (Å²) in [5.74, 6) is 2.72. The number of halogens is 2. The highest BCUT2D eigenvalue weighted by Crippen LogP contribution is 2.34. The number of benzene rings is 3. The Morgan fingerprint density at radius 2 is 1.93 bits per heavy atom. The molecular formula is C30H28ClFN4O3S. The van der Waals surface area contributed by atoms with Gasteiger partial charge in [-0.3, -0.25) is 9.11 Å². The lowest BCUT2D eigenvalue weighted by Gasteiger charge is -2.21. The van der Waals surface area contributed by atoms with Gasteiger partial charge in [-0.25, -0.2) is 14.4 Å². The average molecular weight is 579 g/mol. The standard InChI is InChI=1S/C30H28ClFN4O3S/c1-36(2)26(17-40(3)37)29-12-11-27(39-29)20-7-9-25-23(14-20)30(34-18-33-25)35-22-8-10-28(24(31)15-22)38-16-19-5-4-6-21(32)13-19/h4-15,18,26H,16-17H2,1-3H3,(H,33,34,35). The van der Waals surface area contributed by atoms with Crippen molar-refractivity contribution in [3.05, 3.63) is 101 Å². The summed E-state index contributed by atoms with van der Waals surface area (Å²) in [6.07, 6.45) is 3.19. The second-order valence-electron chi connectivity index (χ2n) is 9.56. The summed E-state index contributed by atoms with van der Waals surface area (Å²) in [6, 6.07) is 21.2. The number of hydrogen-bond acceptors (Lipinski definition) is 7. The van der Waals surface area contributed by atoms with E-state index in [0.29, 0.717) is 33.7 Å². The predicted molar refractivity (Wildman–Crippen MR) is 158 cm³/mol. The molecule has 0 amide bonds. The molecule has 10 heteroatoms. The molecule has 5 rings (SSSR count). The van der Waals surface area contributed by atoms with Crippen LogP contribution in [-0.4, -0.2) is 45.2 Å². The third kappa shape index (κ3) is 6.50. The van der Waals surface area contributed by atoms with Crippen molar-refractivity contribution >= 4 is 44.8 Å². The maximum absolute atomic E-state index is 13.5. The molecule has 0 saturated carbocycles. The minimum absolute atomic E-state index is 0.0915. The Labute approximate surface area is 239 Å². The van der Waals surface area contributed by atoms with Gasteiger partial charge in [-0.2, -0.15) is 0 Å². The third-order valence-electron chi connectivity index (χ3n) is 6.37. The molecule has 0 aliphatic heterocycles. The van der Waals surface area contributed by atoms with Crippen molar-refractivity contribution in [3.8, 4) is 17.1 Å². The van der Waals surface area contributed by atoms with Crippen LogP contribution in [0.1, 0.15) is 17.4 Å². The summed E-state index contributed by atoms with van der Waals surface area (Å²) < 4.78 is 37.3. The Bertz CT molecular complexity index is 1680. The van der Waals surface area contributed by atoms with Gasteiger partial charge >= 0.3 is 0 Å². The lowest BCUT2D eigenvalue weighted by atomic mass is 10.1. The predicted octanol–water partition coefficient (Wildman–Crippen LogP) is 6.99. The maximum Gasteiger partial charge on any atom is 0.141 e. The second-order valence-corrected chi connectivity index (χ2v) is 11.5. The second kappa shape index (κ2) is 12.2. The van der Waals surface area contributed by atoms with E-state index in [-0.39, 0.29) is 18.5 Å². The van der Waals surface area contributed by atoms with E-state index in [1.165, 1.54) is 18.5 Å². The normalized spacial score (nSPS) is 12.9. The number of fused-ring (bicyclic) bond motifs is 1. The molecule has 0 radical (unpaired) electrons. The van der Waals surface area contributed by atoms with E-state index in [9.17, 15) is 8.60 Å². The van der Waals surface area contributed by atoms with Gasteiger partial charge in [-0.15, -0.1) is 0 Å². The van der Waals surface area contributed by atoms with Crippen LogP contribution in [0.2, 0.25) is 5.02 Å². The highest BCUT2D eigenvalue weighted by atomic mass is 35.5. The van der Waals surface area contributed by atoms with Crippen LogP contribution < -0.4 is 10.1 Å². The van der Waals surface area contributed by atoms with E-state index < -0.39 is 10.8 Å². The first-order valence-electron chi connectivity index (χ1n) is 12.5. The highest BCUT2D eigenvalue weighted by Gasteiger charge is 2.20. The molecule has 5 aromatic rings. The van der Waals surface area contributed by atoms with Gasteiger partial charge in [0.25, 0.3) is 0 Å². The molecule has 0 fully saturated rings. The van der Waals surface area contributed by atoms with Gasteiger partial charge < -0.3 is 14.5 Å². The maximum atomic E-state index is 13.5. The van der Waals surface area contributed by atoms with E-state index in [0.717, 1.165) is 27.9 Å². The smallest absolute Gasteiger partial charge is 0.141 e. The fourth-order valence-electron chi connectivity index (χ4n) is 4.32. The van der Waals surface area contributed by atoms with Crippen LogP contribution in [0.5, 0.6) is 5.75 Å². The number of aromatic nitrogens is 2. The number of nitrogens with zero attached hydrogens (tertiary/aromatic N) is 3. The Balaban J connectivity index is 1.37. The minimum Gasteiger partial charge on any atom is -0.487 e. The molecule has 7 nitrogen and oxygen atoms in total. The van der Waals surface area contributed by atoms with Crippen LogP contribution in [-0.2, 0) is 17.4 Å². The first-order chi connectivity index (χ1) is 19.3. The molecule has 0 spiro atoms. The van der Waals surface area contributed by atoms with Crippen LogP contribution in [0.15, 0.2) is 83.5 Å². The Morgan fingerprint density at radius 3 is 2.67 bits per heavy atom. The van der Waals surface area contributed by atoms with E-state index in [4.69, 9.17) is 20.8 Å². The Kier molecular flexibility index (Phi) is 8.44. The molecule has 2 aromatic heterocycles. The zero-order chi connectivity index (χ0) is 28.2. The van der Waals surface area contributed by atoms with Crippen LogP contribution in [0.3, 0.4) is 0 Å². The number of anilines is 2. The molecule has 3 aromatic carbocycles. The van der Waals surface area contributed by atoms with Gasteiger partial charge in [0.15, 0.2) is 0 Å².